The Morgan fingerprint density at radius 1 is 1.00 bits per heavy atom. The molecule has 0 saturated carbocycles. The Morgan fingerprint density at radius 3 is 2.43 bits per heavy atom. The second-order valence-corrected chi connectivity index (χ2v) is 5.56. The summed E-state index contributed by atoms with van der Waals surface area (Å²) >= 11 is 0. The minimum Gasteiger partial charge on any atom is -0.347 e. The summed E-state index contributed by atoms with van der Waals surface area (Å²) in [5.74, 6) is 0. The van der Waals surface area contributed by atoms with Crippen LogP contribution in [0.1, 0.15) is 22.4 Å². The Bertz CT molecular complexity index is 638. The normalized spacial score (nSPS) is 14.0. The molecule has 0 N–H and O–H groups in total. The standard InChI is InChI=1S/C18H20N3/c1-14-10-15(2)18(16(3)11-14)21-9-8-20(13-21)12-17-6-4-5-7-19-17/h4-11,13H,12H2,1-3H3. The second kappa shape index (κ2) is 5.60. The maximum Gasteiger partial charge on any atom is 0.146 e. The van der Waals surface area contributed by atoms with Gasteiger partial charge in [-0.15, -0.1) is 0 Å². The summed E-state index contributed by atoms with van der Waals surface area (Å²) in [6.07, 6.45) is 6.03. The van der Waals surface area contributed by atoms with Crippen LogP contribution in [0.2, 0.25) is 0 Å². The Morgan fingerprint density at radius 2 is 1.76 bits per heavy atom. The van der Waals surface area contributed by atoms with E-state index in [4.69, 9.17) is 0 Å². The molecule has 0 aliphatic carbocycles. The highest BCUT2D eigenvalue weighted by atomic mass is 15.3. The molecule has 3 heteroatoms. The number of hydrogen-bond acceptors (Lipinski definition) is 3. The number of aromatic nitrogens is 1. The van der Waals surface area contributed by atoms with E-state index in [0.29, 0.717) is 0 Å². The summed E-state index contributed by atoms with van der Waals surface area (Å²) in [6, 6.07) is 10.5. The fraction of sp³-hybridized carbons (Fsp3) is 0.222. The highest BCUT2D eigenvalue weighted by Crippen LogP contribution is 2.30. The first kappa shape index (κ1) is 13.7. The number of anilines is 1. The van der Waals surface area contributed by atoms with E-state index in [1.54, 1.807) is 0 Å². The van der Waals surface area contributed by atoms with Gasteiger partial charge in [0.2, 0.25) is 0 Å². The Balaban J connectivity index is 1.75. The third-order valence-electron chi connectivity index (χ3n) is 3.66. The van der Waals surface area contributed by atoms with Gasteiger partial charge in [-0.1, -0.05) is 23.8 Å². The minimum absolute atomic E-state index is 0.789. The van der Waals surface area contributed by atoms with Gasteiger partial charge >= 0.3 is 0 Å². The Labute approximate surface area is 126 Å². The van der Waals surface area contributed by atoms with Crippen molar-refractivity contribution in [2.75, 3.05) is 4.90 Å². The van der Waals surface area contributed by atoms with E-state index < -0.39 is 0 Å². The molecule has 0 bridgehead atoms. The average Bonchev–Trinajstić information content (AvgIpc) is 2.87. The lowest BCUT2D eigenvalue weighted by Crippen LogP contribution is -2.20. The van der Waals surface area contributed by atoms with Gasteiger partial charge in [0.1, 0.15) is 6.67 Å². The third-order valence-corrected chi connectivity index (χ3v) is 3.66. The zero-order valence-electron chi connectivity index (χ0n) is 12.7. The van der Waals surface area contributed by atoms with Gasteiger partial charge in [-0.25, -0.2) is 0 Å². The molecule has 2 heterocycles. The quantitative estimate of drug-likeness (QED) is 0.848. The van der Waals surface area contributed by atoms with Gasteiger partial charge in [-0.05, 0) is 44.0 Å². The predicted octanol–water partition coefficient (Wildman–Crippen LogP) is 3.92. The predicted molar refractivity (Wildman–Crippen MR) is 86.4 cm³/mol. The van der Waals surface area contributed by atoms with Crippen LogP contribution in [0.25, 0.3) is 0 Å². The molecule has 1 aromatic heterocycles. The number of nitrogens with zero attached hydrogens (tertiary/aromatic N) is 3. The molecule has 3 nitrogen and oxygen atoms in total. The van der Waals surface area contributed by atoms with Crippen molar-refractivity contribution in [3.8, 4) is 0 Å². The van der Waals surface area contributed by atoms with Crippen LogP contribution in [-0.2, 0) is 6.54 Å². The lowest BCUT2D eigenvalue weighted by atomic mass is 10.0. The first-order valence-electron chi connectivity index (χ1n) is 7.18. The number of rotatable bonds is 3. The van der Waals surface area contributed by atoms with Crippen LogP contribution in [0.4, 0.5) is 5.69 Å². The fourth-order valence-corrected chi connectivity index (χ4v) is 2.88. The topological polar surface area (TPSA) is 19.4 Å². The van der Waals surface area contributed by atoms with Crippen LogP contribution in [0.3, 0.4) is 0 Å². The zero-order valence-corrected chi connectivity index (χ0v) is 12.7. The monoisotopic (exact) mass is 278 g/mol. The van der Waals surface area contributed by atoms with Crippen molar-refractivity contribution in [3.05, 3.63) is 78.0 Å². The number of aryl methyl sites for hydroxylation is 3. The van der Waals surface area contributed by atoms with Gasteiger partial charge in [0.15, 0.2) is 0 Å². The molecule has 0 amide bonds. The van der Waals surface area contributed by atoms with Gasteiger partial charge in [0, 0.05) is 24.3 Å². The van der Waals surface area contributed by atoms with E-state index in [2.05, 4.69) is 66.8 Å². The summed E-state index contributed by atoms with van der Waals surface area (Å²) in [7, 11) is 0. The van der Waals surface area contributed by atoms with Crippen molar-refractivity contribution >= 4 is 5.69 Å². The van der Waals surface area contributed by atoms with Crippen molar-refractivity contribution < 1.29 is 0 Å². The molecule has 107 valence electrons. The van der Waals surface area contributed by atoms with Crippen molar-refractivity contribution in [1.82, 2.24) is 9.88 Å². The van der Waals surface area contributed by atoms with Crippen LogP contribution in [-0.4, -0.2) is 9.88 Å². The van der Waals surface area contributed by atoms with Gasteiger partial charge in [0.05, 0.1) is 12.2 Å². The summed E-state index contributed by atoms with van der Waals surface area (Å²) < 4.78 is 0. The van der Waals surface area contributed by atoms with E-state index in [-0.39, 0.29) is 0 Å². The summed E-state index contributed by atoms with van der Waals surface area (Å²) in [6.45, 7) is 9.38. The largest absolute Gasteiger partial charge is 0.347 e. The van der Waals surface area contributed by atoms with Gasteiger partial charge in [-0.2, -0.15) is 0 Å². The summed E-state index contributed by atoms with van der Waals surface area (Å²) in [5, 5.41) is 0. The van der Waals surface area contributed by atoms with E-state index in [1.807, 2.05) is 24.4 Å². The zero-order chi connectivity index (χ0) is 14.8. The smallest absolute Gasteiger partial charge is 0.146 e. The van der Waals surface area contributed by atoms with Crippen molar-refractivity contribution in [1.29, 1.82) is 0 Å². The van der Waals surface area contributed by atoms with Crippen LogP contribution in [0.15, 0.2) is 48.9 Å². The van der Waals surface area contributed by atoms with Crippen LogP contribution in [0, 0.1) is 27.4 Å². The number of hydrogen-bond donors (Lipinski definition) is 0. The molecule has 2 aromatic rings. The second-order valence-electron chi connectivity index (χ2n) is 5.56. The molecule has 1 radical (unpaired) electrons. The minimum atomic E-state index is 0.789. The summed E-state index contributed by atoms with van der Waals surface area (Å²) in [4.78, 5) is 8.71. The maximum absolute atomic E-state index is 4.37. The fourth-order valence-electron chi connectivity index (χ4n) is 2.88. The van der Waals surface area contributed by atoms with Gasteiger partial charge in [0.25, 0.3) is 0 Å². The molecular weight excluding hydrogens is 258 g/mol. The average molecular weight is 278 g/mol. The SMILES string of the molecule is Cc1cc(C)c(N2[CH]N(Cc3ccccn3)C=C2)c(C)c1. The molecule has 21 heavy (non-hydrogen) atoms. The Kier molecular flexibility index (Phi) is 3.65. The number of benzene rings is 1. The molecule has 0 unspecified atom stereocenters. The molecule has 0 atom stereocenters. The lowest BCUT2D eigenvalue weighted by molar-refractivity contribution is 0.455. The van der Waals surface area contributed by atoms with E-state index in [0.717, 1.165) is 12.2 Å². The summed E-state index contributed by atoms with van der Waals surface area (Å²) in [5.41, 5.74) is 6.24. The maximum atomic E-state index is 4.37. The molecule has 0 saturated heterocycles. The molecule has 1 aliphatic rings. The van der Waals surface area contributed by atoms with E-state index >= 15 is 0 Å². The lowest BCUT2D eigenvalue weighted by Gasteiger charge is -2.23. The van der Waals surface area contributed by atoms with Crippen molar-refractivity contribution in [2.24, 2.45) is 0 Å². The van der Waals surface area contributed by atoms with Crippen LogP contribution < -0.4 is 4.90 Å². The van der Waals surface area contributed by atoms with Crippen LogP contribution in [0.5, 0.6) is 0 Å². The Hall–Kier alpha value is -2.29. The first-order chi connectivity index (χ1) is 10.1. The molecule has 1 aromatic carbocycles. The van der Waals surface area contributed by atoms with Crippen molar-refractivity contribution in [3.63, 3.8) is 0 Å². The number of pyridine rings is 1. The third kappa shape index (κ3) is 2.92. The van der Waals surface area contributed by atoms with Crippen molar-refractivity contribution in [2.45, 2.75) is 27.3 Å². The van der Waals surface area contributed by atoms with E-state index in [9.17, 15) is 0 Å². The highest BCUT2D eigenvalue weighted by Gasteiger charge is 2.18. The molecule has 0 fully saturated rings. The highest BCUT2D eigenvalue weighted by molar-refractivity contribution is 5.63. The molecule has 3 rings (SSSR count). The first-order valence-corrected chi connectivity index (χ1v) is 7.18. The van der Waals surface area contributed by atoms with E-state index in [1.165, 1.54) is 22.4 Å². The molecule has 0 spiro atoms. The molecular formula is C18H20N3. The van der Waals surface area contributed by atoms with Gasteiger partial charge in [-0.3, -0.25) is 4.98 Å². The van der Waals surface area contributed by atoms with Crippen LogP contribution >= 0.6 is 0 Å². The van der Waals surface area contributed by atoms with Gasteiger partial charge < -0.3 is 9.80 Å². The molecule has 1 aliphatic heterocycles.